The molecule has 4 aliphatic rings. The third-order valence-corrected chi connectivity index (χ3v) is 7.29. The zero-order valence-corrected chi connectivity index (χ0v) is 16.9. The van der Waals surface area contributed by atoms with Gasteiger partial charge >= 0.3 is 5.97 Å². The lowest BCUT2D eigenvalue weighted by molar-refractivity contribution is -0.149. The summed E-state index contributed by atoms with van der Waals surface area (Å²) in [6, 6.07) is 21.1. The number of imide groups is 1. The molecule has 0 spiro atoms. The molecular weight excluding hydrogens is 414 g/mol. The number of anilines is 1. The molecule has 0 aromatic heterocycles. The maximum absolute atomic E-state index is 13.8. The summed E-state index contributed by atoms with van der Waals surface area (Å²) in [5.41, 5.74) is 1.62. The van der Waals surface area contributed by atoms with Crippen molar-refractivity contribution in [2.24, 2.45) is 11.8 Å². The largest absolute Gasteiger partial charge is 0.480 e. The number of halogens is 1. The first-order valence-corrected chi connectivity index (χ1v) is 10.4. The molecule has 152 valence electrons. The Labute approximate surface area is 182 Å². The van der Waals surface area contributed by atoms with Crippen LogP contribution in [0.15, 0.2) is 72.8 Å². The smallest absolute Gasteiger partial charge is 0.319 e. The Morgan fingerprint density at radius 3 is 1.94 bits per heavy atom. The van der Waals surface area contributed by atoms with Crippen LogP contribution < -0.4 is 4.90 Å². The van der Waals surface area contributed by atoms with Gasteiger partial charge in [0.1, 0.15) is 5.41 Å². The molecule has 1 heterocycles. The molecule has 1 fully saturated rings. The summed E-state index contributed by atoms with van der Waals surface area (Å²) in [6.07, 6.45) is 0. The number of carbonyl (C=O) groups is 3. The minimum Gasteiger partial charge on any atom is -0.480 e. The first-order valence-electron chi connectivity index (χ1n) is 10.0. The van der Waals surface area contributed by atoms with E-state index in [1.807, 2.05) is 24.3 Å². The third kappa shape index (κ3) is 2.04. The monoisotopic (exact) mass is 429 g/mol. The van der Waals surface area contributed by atoms with Gasteiger partial charge in [-0.05, 0) is 46.5 Å². The molecule has 6 heteroatoms. The number of hydrogen-bond donors (Lipinski definition) is 1. The van der Waals surface area contributed by atoms with Gasteiger partial charge in [-0.1, -0.05) is 60.1 Å². The minimum absolute atomic E-state index is 0.364. The highest BCUT2D eigenvalue weighted by Gasteiger charge is 2.71. The zero-order valence-electron chi connectivity index (χ0n) is 16.2. The summed E-state index contributed by atoms with van der Waals surface area (Å²) < 4.78 is 0. The molecule has 0 unspecified atom stereocenters. The predicted octanol–water partition coefficient (Wildman–Crippen LogP) is 3.98. The van der Waals surface area contributed by atoms with Crippen molar-refractivity contribution in [2.75, 3.05) is 4.90 Å². The Morgan fingerprint density at radius 2 is 1.39 bits per heavy atom. The van der Waals surface area contributed by atoms with Gasteiger partial charge in [-0.3, -0.25) is 14.4 Å². The van der Waals surface area contributed by atoms with Crippen LogP contribution >= 0.6 is 11.6 Å². The predicted molar refractivity (Wildman–Crippen MR) is 114 cm³/mol. The molecule has 1 aliphatic heterocycles. The normalized spacial score (nSPS) is 27.6. The number of nitrogens with zero attached hydrogens (tertiary/aromatic N) is 1. The van der Waals surface area contributed by atoms with Crippen LogP contribution in [0.3, 0.4) is 0 Å². The number of rotatable bonds is 2. The van der Waals surface area contributed by atoms with Crippen LogP contribution in [0.2, 0.25) is 5.02 Å². The van der Waals surface area contributed by atoms with E-state index in [4.69, 9.17) is 11.6 Å². The molecule has 3 aromatic carbocycles. The zero-order chi connectivity index (χ0) is 21.5. The highest BCUT2D eigenvalue weighted by atomic mass is 35.5. The Kier molecular flexibility index (Phi) is 3.58. The SMILES string of the molecule is O=C1[C@@H]2C3c4ccccc4C(C(=O)O)(c4ccccc43)[C@H]2C(=O)N1c1ccc(Cl)cc1. The van der Waals surface area contributed by atoms with E-state index in [9.17, 15) is 19.5 Å². The number of amides is 2. The van der Waals surface area contributed by atoms with Gasteiger partial charge in [-0.2, -0.15) is 0 Å². The van der Waals surface area contributed by atoms with Crippen LogP contribution in [0, 0.1) is 11.8 Å². The van der Waals surface area contributed by atoms with Crippen molar-refractivity contribution in [1.29, 1.82) is 0 Å². The number of carboxylic acids is 1. The Morgan fingerprint density at radius 1 is 0.839 bits per heavy atom. The van der Waals surface area contributed by atoms with E-state index in [-0.39, 0.29) is 11.8 Å². The second-order valence-corrected chi connectivity index (χ2v) is 8.69. The number of benzene rings is 3. The van der Waals surface area contributed by atoms with Crippen LogP contribution in [0.4, 0.5) is 5.69 Å². The average Bonchev–Trinajstić information content (AvgIpc) is 3.05. The van der Waals surface area contributed by atoms with Crippen molar-refractivity contribution < 1.29 is 19.5 Å². The van der Waals surface area contributed by atoms with Crippen molar-refractivity contribution >= 4 is 35.1 Å². The Balaban J connectivity index is 1.67. The molecule has 2 amide bonds. The summed E-state index contributed by atoms with van der Waals surface area (Å²) >= 11 is 5.99. The molecular formula is C25H16ClNO4. The number of carbonyl (C=O) groups excluding carboxylic acids is 2. The number of aliphatic carboxylic acids is 1. The quantitative estimate of drug-likeness (QED) is 0.625. The molecule has 5 nitrogen and oxygen atoms in total. The molecule has 1 saturated heterocycles. The summed E-state index contributed by atoms with van der Waals surface area (Å²) in [5.74, 6) is -4.11. The summed E-state index contributed by atoms with van der Waals surface area (Å²) in [7, 11) is 0. The molecule has 0 radical (unpaired) electrons. The lowest BCUT2D eigenvalue weighted by atomic mass is 9.47. The Bertz CT molecular complexity index is 1250. The van der Waals surface area contributed by atoms with E-state index < -0.39 is 29.1 Å². The molecule has 31 heavy (non-hydrogen) atoms. The first-order chi connectivity index (χ1) is 15.0. The molecule has 2 bridgehead atoms. The van der Waals surface area contributed by atoms with Gasteiger partial charge in [-0.15, -0.1) is 0 Å². The molecule has 1 N–H and O–H groups in total. The van der Waals surface area contributed by atoms with Gasteiger partial charge in [0, 0.05) is 10.9 Å². The van der Waals surface area contributed by atoms with Crippen LogP contribution in [-0.4, -0.2) is 22.9 Å². The molecule has 2 atom stereocenters. The highest BCUT2D eigenvalue weighted by Crippen LogP contribution is 2.64. The van der Waals surface area contributed by atoms with Crippen molar-refractivity contribution in [3.05, 3.63) is 100 Å². The van der Waals surface area contributed by atoms with Crippen molar-refractivity contribution in [1.82, 2.24) is 0 Å². The van der Waals surface area contributed by atoms with Crippen molar-refractivity contribution in [3.63, 3.8) is 0 Å². The van der Waals surface area contributed by atoms with Gasteiger partial charge in [0.15, 0.2) is 0 Å². The lowest BCUT2D eigenvalue weighted by Gasteiger charge is -2.51. The second kappa shape index (κ2) is 6.05. The average molecular weight is 430 g/mol. The fourth-order valence-corrected chi connectivity index (χ4v) is 6.11. The maximum Gasteiger partial charge on any atom is 0.319 e. The third-order valence-electron chi connectivity index (χ3n) is 7.04. The van der Waals surface area contributed by atoms with Crippen LogP contribution in [0.5, 0.6) is 0 Å². The molecule has 7 rings (SSSR count). The van der Waals surface area contributed by atoms with E-state index in [1.165, 1.54) is 0 Å². The topological polar surface area (TPSA) is 74.7 Å². The Hall–Kier alpha value is -3.44. The van der Waals surface area contributed by atoms with Gasteiger partial charge in [0.25, 0.3) is 0 Å². The van der Waals surface area contributed by atoms with E-state index in [2.05, 4.69) is 0 Å². The van der Waals surface area contributed by atoms with E-state index >= 15 is 0 Å². The van der Waals surface area contributed by atoms with Gasteiger partial charge in [-0.25, -0.2) is 4.90 Å². The van der Waals surface area contributed by atoms with Crippen LogP contribution in [0.25, 0.3) is 0 Å². The van der Waals surface area contributed by atoms with Crippen molar-refractivity contribution in [3.8, 4) is 0 Å². The molecule has 3 aliphatic carbocycles. The number of carboxylic acid groups (broad SMARTS) is 1. The molecule has 3 aromatic rings. The van der Waals surface area contributed by atoms with E-state index in [0.717, 1.165) is 16.0 Å². The first kappa shape index (κ1) is 18.3. The summed E-state index contributed by atoms with van der Waals surface area (Å²) in [4.78, 5) is 41.6. The van der Waals surface area contributed by atoms with Gasteiger partial charge in [0.05, 0.1) is 17.5 Å². The molecule has 0 saturated carbocycles. The van der Waals surface area contributed by atoms with E-state index in [1.54, 1.807) is 48.5 Å². The second-order valence-electron chi connectivity index (χ2n) is 8.26. The minimum atomic E-state index is -1.61. The van der Waals surface area contributed by atoms with Gasteiger partial charge < -0.3 is 5.11 Å². The maximum atomic E-state index is 13.8. The fraction of sp³-hybridized carbons (Fsp3) is 0.160. The lowest BCUT2D eigenvalue weighted by Crippen LogP contribution is -2.57. The number of hydrogen-bond acceptors (Lipinski definition) is 3. The van der Waals surface area contributed by atoms with Crippen LogP contribution in [-0.2, 0) is 19.8 Å². The summed E-state index contributed by atoms with van der Waals surface area (Å²) in [5, 5.41) is 11.1. The highest BCUT2D eigenvalue weighted by molar-refractivity contribution is 6.31. The standard InChI is InChI=1S/C25H16ClNO4/c26-13-9-11-14(12-10-13)27-22(28)20-19-15-5-1-3-7-17(15)25(24(30)31,21(20)23(27)29)18-8-4-2-6-16(18)19/h1-12,19-21H,(H,30,31)/t19?,20-,21-,25?/m1/s1. The summed E-state index contributed by atoms with van der Waals surface area (Å²) in [6.45, 7) is 0. The van der Waals surface area contributed by atoms with Gasteiger partial charge in [0.2, 0.25) is 11.8 Å². The fourth-order valence-electron chi connectivity index (χ4n) is 5.98. The van der Waals surface area contributed by atoms with Crippen LogP contribution in [0.1, 0.15) is 28.2 Å². The van der Waals surface area contributed by atoms with Crippen molar-refractivity contribution in [2.45, 2.75) is 11.3 Å². The van der Waals surface area contributed by atoms with E-state index in [0.29, 0.717) is 21.8 Å².